The number of nitrogens with zero attached hydrogens (tertiary/aromatic N) is 2. The number of aliphatic carboxylic acids is 1. The number of ether oxygens (including phenoxy) is 2. The third kappa shape index (κ3) is 5.68. The van der Waals surface area contributed by atoms with Gasteiger partial charge in [-0.3, -0.25) is 0 Å². The third-order valence-electron chi connectivity index (χ3n) is 6.54. The topological polar surface area (TPSA) is 79.3 Å². The molecule has 0 saturated heterocycles. The average Bonchev–Trinajstić information content (AvgIpc) is 3.24. The summed E-state index contributed by atoms with van der Waals surface area (Å²) in [5.74, 6) is -1.03. The van der Waals surface area contributed by atoms with E-state index in [1.165, 1.54) is 0 Å². The van der Waals surface area contributed by atoms with Gasteiger partial charge in [0.05, 0.1) is 12.2 Å². The molecular formula is C28H38N2O5. The molecule has 0 bridgehead atoms. The summed E-state index contributed by atoms with van der Waals surface area (Å²) in [6, 6.07) is 8.04. The zero-order valence-electron chi connectivity index (χ0n) is 22.2. The second-order valence-electron chi connectivity index (χ2n) is 10.4. The molecule has 2 aromatic carbocycles. The summed E-state index contributed by atoms with van der Waals surface area (Å²) in [5.41, 5.74) is 6.90. The first-order valence-corrected chi connectivity index (χ1v) is 12.0. The highest BCUT2D eigenvalue weighted by Gasteiger charge is 2.36. The van der Waals surface area contributed by atoms with Gasteiger partial charge in [-0.25, -0.2) is 9.59 Å². The van der Waals surface area contributed by atoms with Gasteiger partial charge in [0.2, 0.25) is 0 Å². The summed E-state index contributed by atoms with van der Waals surface area (Å²) in [7, 11) is 3.38. The minimum atomic E-state index is -1.13. The number of rotatable bonds is 7. The van der Waals surface area contributed by atoms with E-state index >= 15 is 0 Å². The van der Waals surface area contributed by atoms with E-state index in [1.54, 1.807) is 19.1 Å². The van der Waals surface area contributed by atoms with Gasteiger partial charge < -0.3 is 24.4 Å². The SMILES string of the molecule is COCCN(C)C(=O)N1Cc2c(C)c(-c3ccc(C)cc3)c(C(OC(C)(C)C)C(=O)O)c(C)c2C1. The number of carbonyl (C=O) groups is 2. The van der Waals surface area contributed by atoms with Gasteiger partial charge in [0, 0.05) is 39.4 Å². The van der Waals surface area contributed by atoms with Gasteiger partial charge in [-0.15, -0.1) is 0 Å². The number of hydrogen-bond donors (Lipinski definition) is 1. The van der Waals surface area contributed by atoms with Crippen molar-refractivity contribution >= 4 is 12.0 Å². The smallest absolute Gasteiger partial charge is 0.337 e. The molecule has 0 spiro atoms. The molecule has 0 saturated carbocycles. The summed E-state index contributed by atoms with van der Waals surface area (Å²) in [6.07, 6.45) is -1.13. The minimum absolute atomic E-state index is 0.0730. The molecule has 3 rings (SSSR count). The number of benzene rings is 2. The molecule has 1 atom stereocenters. The summed E-state index contributed by atoms with van der Waals surface area (Å²) < 4.78 is 11.2. The lowest BCUT2D eigenvalue weighted by Gasteiger charge is -2.29. The number of hydrogen-bond acceptors (Lipinski definition) is 4. The van der Waals surface area contributed by atoms with Crippen LogP contribution >= 0.6 is 0 Å². The molecule has 1 aliphatic rings. The Hall–Kier alpha value is -2.90. The number of amides is 2. The van der Waals surface area contributed by atoms with Crippen LogP contribution in [0.2, 0.25) is 0 Å². The van der Waals surface area contributed by atoms with Gasteiger partial charge in [-0.2, -0.15) is 0 Å². The second-order valence-corrected chi connectivity index (χ2v) is 10.4. The molecule has 35 heavy (non-hydrogen) atoms. The first-order valence-electron chi connectivity index (χ1n) is 12.0. The van der Waals surface area contributed by atoms with Gasteiger partial charge in [-0.05, 0) is 74.9 Å². The van der Waals surface area contributed by atoms with E-state index in [-0.39, 0.29) is 6.03 Å². The molecule has 1 aliphatic heterocycles. The van der Waals surface area contributed by atoms with Crippen LogP contribution < -0.4 is 0 Å². The van der Waals surface area contributed by atoms with Crippen molar-refractivity contribution in [1.29, 1.82) is 0 Å². The maximum atomic E-state index is 13.1. The zero-order chi connectivity index (χ0) is 26.1. The fraction of sp³-hybridized carbons (Fsp3) is 0.500. The molecule has 1 N–H and O–H groups in total. The van der Waals surface area contributed by atoms with E-state index < -0.39 is 17.7 Å². The summed E-state index contributed by atoms with van der Waals surface area (Å²) in [5, 5.41) is 10.3. The number of urea groups is 1. The molecule has 7 nitrogen and oxygen atoms in total. The van der Waals surface area contributed by atoms with Gasteiger partial charge in [0.15, 0.2) is 6.10 Å². The Morgan fingerprint density at radius 1 is 1.06 bits per heavy atom. The summed E-state index contributed by atoms with van der Waals surface area (Å²) in [4.78, 5) is 29.1. The Morgan fingerprint density at radius 2 is 1.63 bits per heavy atom. The first-order chi connectivity index (χ1) is 16.4. The highest BCUT2D eigenvalue weighted by Crippen LogP contribution is 2.43. The molecule has 0 aromatic heterocycles. The van der Waals surface area contributed by atoms with Crippen LogP contribution in [-0.2, 0) is 27.4 Å². The molecule has 0 fully saturated rings. The molecule has 1 unspecified atom stereocenters. The van der Waals surface area contributed by atoms with Crippen LogP contribution in [0.15, 0.2) is 24.3 Å². The van der Waals surface area contributed by atoms with Crippen LogP contribution in [0.4, 0.5) is 4.79 Å². The maximum Gasteiger partial charge on any atom is 0.337 e. The lowest BCUT2D eigenvalue weighted by Crippen LogP contribution is -2.39. The molecule has 7 heteroatoms. The van der Waals surface area contributed by atoms with Crippen molar-refractivity contribution in [2.75, 3.05) is 27.3 Å². The van der Waals surface area contributed by atoms with Gasteiger partial charge in [-0.1, -0.05) is 29.8 Å². The van der Waals surface area contributed by atoms with Crippen LogP contribution in [-0.4, -0.2) is 59.8 Å². The molecule has 190 valence electrons. The fourth-order valence-electron chi connectivity index (χ4n) is 4.73. The van der Waals surface area contributed by atoms with Gasteiger partial charge in [0.25, 0.3) is 0 Å². The van der Waals surface area contributed by atoms with Crippen molar-refractivity contribution in [1.82, 2.24) is 9.80 Å². The first kappa shape index (κ1) is 26.7. The van der Waals surface area contributed by atoms with Crippen molar-refractivity contribution in [3.63, 3.8) is 0 Å². The fourth-order valence-corrected chi connectivity index (χ4v) is 4.73. The van der Waals surface area contributed by atoms with Gasteiger partial charge in [0.1, 0.15) is 0 Å². The van der Waals surface area contributed by atoms with Crippen LogP contribution in [0.3, 0.4) is 0 Å². The Bertz CT molecular complexity index is 1100. The standard InChI is InChI=1S/C28H38N2O5/c1-17-9-11-20(12-10-17)23-18(2)21-15-30(27(33)29(7)13-14-34-8)16-22(21)19(3)24(23)25(26(31)32)35-28(4,5)6/h9-12,25H,13-16H2,1-8H3,(H,31,32). The predicted molar refractivity (Wildman–Crippen MR) is 136 cm³/mol. The Morgan fingerprint density at radius 3 is 2.14 bits per heavy atom. The van der Waals surface area contributed by atoms with Crippen molar-refractivity contribution in [3.8, 4) is 11.1 Å². The molecule has 2 aromatic rings. The van der Waals surface area contributed by atoms with Crippen molar-refractivity contribution in [2.24, 2.45) is 0 Å². The van der Waals surface area contributed by atoms with Crippen molar-refractivity contribution < 1.29 is 24.2 Å². The van der Waals surface area contributed by atoms with E-state index in [9.17, 15) is 14.7 Å². The number of fused-ring (bicyclic) bond motifs is 1. The van der Waals surface area contributed by atoms with Crippen LogP contribution in [0, 0.1) is 20.8 Å². The molecule has 1 heterocycles. The largest absolute Gasteiger partial charge is 0.479 e. The monoisotopic (exact) mass is 482 g/mol. The maximum absolute atomic E-state index is 13.1. The zero-order valence-corrected chi connectivity index (χ0v) is 22.2. The van der Waals surface area contributed by atoms with Crippen LogP contribution in [0.1, 0.15) is 60.3 Å². The van der Waals surface area contributed by atoms with E-state index in [1.807, 2.05) is 70.7 Å². The van der Waals surface area contributed by atoms with E-state index in [0.717, 1.165) is 38.9 Å². The van der Waals surface area contributed by atoms with Crippen molar-refractivity contribution in [2.45, 2.75) is 66.3 Å². The van der Waals surface area contributed by atoms with Crippen LogP contribution in [0.25, 0.3) is 11.1 Å². The number of methoxy groups -OCH3 is 1. The second kappa shape index (κ2) is 10.4. The highest BCUT2D eigenvalue weighted by molar-refractivity contribution is 5.85. The molecular weight excluding hydrogens is 444 g/mol. The lowest BCUT2D eigenvalue weighted by molar-refractivity contribution is -0.160. The quantitative estimate of drug-likeness (QED) is 0.584. The summed E-state index contributed by atoms with van der Waals surface area (Å²) in [6.45, 7) is 13.5. The number of carboxylic acids is 1. The normalized spacial score (nSPS) is 14.1. The number of likely N-dealkylation sites (N-methyl/N-ethyl adjacent to an activating group) is 1. The lowest BCUT2D eigenvalue weighted by atomic mass is 9.83. The summed E-state index contributed by atoms with van der Waals surface area (Å²) >= 11 is 0. The Balaban J connectivity index is 2.18. The highest BCUT2D eigenvalue weighted by atomic mass is 16.5. The predicted octanol–water partition coefficient (Wildman–Crippen LogP) is 5.23. The third-order valence-corrected chi connectivity index (χ3v) is 6.54. The van der Waals surface area contributed by atoms with E-state index in [0.29, 0.717) is 31.8 Å². The molecule has 0 radical (unpaired) electrons. The van der Waals surface area contributed by atoms with E-state index in [2.05, 4.69) is 0 Å². The molecule has 0 aliphatic carbocycles. The minimum Gasteiger partial charge on any atom is -0.479 e. The van der Waals surface area contributed by atoms with E-state index in [4.69, 9.17) is 9.47 Å². The number of carboxylic acid groups (broad SMARTS) is 1. The molecule has 2 amide bonds. The van der Waals surface area contributed by atoms with Gasteiger partial charge >= 0.3 is 12.0 Å². The van der Waals surface area contributed by atoms with Crippen molar-refractivity contribution in [3.05, 3.63) is 57.6 Å². The van der Waals surface area contributed by atoms with Crippen LogP contribution in [0.5, 0.6) is 0 Å². The Labute approximate surface area is 208 Å². The Kier molecular flexibility index (Phi) is 7.92. The average molecular weight is 483 g/mol. The number of aryl methyl sites for hydroxylation is 1. The number of carbonyl (C=O) groups excluding carboxylic acids is 1.